The van der Waals surface area contributed by atoms with Gasteiger partial charge < -0.3 is 15.5 Å². The third-order valence-electron chi connectivity index (χ3n) is 6.42. The van der Waals surface area contributed by atoms with Crippen molar-refractivity contribution >= 4 is 41.7 Å². The number of aromatic nitrogens is 6. The second kappa shape index (κ2) is 9.30. The van der Waals surface area contributed by atoms with Crippen LogP contribution >= 0.6 is 12.4 Å². The SMILES string of the molecule is Cl.O=C(NC1CCC1)c1cc(Nc2nc(N3CCCC3c3ccccn3)nc3cccn23)n[nH]1. The van der Waals surface area contributed by atoms with Crippen LogP contribution in [0.5, 0.6) is 0 Å². The molecule has 6 rings (SSSR count). The average molecular weight is 480 g/mol. The summed E-state index contributed by atoms with van der Waals surface area (Å²) < 4.78 is 1.87. The summed E-state index contributed by atoms with van der Waals surface area (Å²) in [6.07, 6.45) is 9.03. The van der Waals surface area contributed by atoms with Gasteiger partial charge in [-0.05, 0) is 56.4 Å². The van der Waals surface area contributed by atoms with Crippen molar-refractivity contribution in [3.63, 3.8) is 0 Å². The molecule has 1 unspecified atom stereocenters. The Kier molecular flexibility index (Phi) is 6.06. The highest BCUT2D eigenvalue weighted by atomic mass is 35.5. The highest BCUT2D eigenvalue weighted by Gasteiger charge is 2.30. The van der Waals surface area contributed by atoms with Crippen LogP contribution in [0.25, 0.3) is 5.65 Å². The number of pyridine rings is 1. The zero-order chi connectivity index (χ0) is 22.2. The maximum Gasteiger partial charge on any atom is 0.269 e. The molecule has 176 valence electrons. The molecule has 0 spiro atoms. The van der Waals surface area contributed by atoms with Crippen LogP contribution in [-0.4, -0.2) is 48.0 Å². The van der Waals surface area contributed by atoms with E-state index < -0.39 is 0 Å². The molecule has 1 aliphatic carbocycles. The number of anilines is 3. The van der Waals surface area contributed by atoms with Gasteiger partial charge in [0.15, 0.2) is 5.82 Å². The largest absolute Gasteiger partial charge is 0.348 e. The molecule has 10 nitrogen and oxygen atoms in total. The van der Waals surface area contributed by atoms with Crippen molar-refractivity contribution < 1.29 is 4.79 Å². The first-order valence-electron chi connectivity index (χ1n) is 11.4. The molecule has 34 heavy (non-hydrogen) atoms. The Bertz CT molecular complexity index is 1280. The van der Waals surface area contributed by atoms with Crippen molar-refractivity contribution in [2.24, 2.45) is 0 Å². The fourth-order valence-corrected chi connectivity index (χ4v) is 4.45. The van der Waals surface area contributed by atoms with Crippen LogP contribution in [0.15, 0.2) is 48.8 Å². The minimum Gasteiger partial charge on any atom is -0.348 e. The van der Waals surface area contributed by atoms with Crippen molar-refractivity contribution in [2.75, 3.05) is 16.8 Å². The first kappa shape index (κ1) is 22.1. The number of aromatic amines is 1. The summed E-state index contributed by atoms with van der Waals surface area (Å²) in [5.41, 5.74) is 2.24. The number of amides is 1. The van der Waals surface area contributed by atoms with E-state index in [9.17, 15) is 4.79 Å². The van der Waals surface area contributed by atoms with Gasteiger partial charge in [0.2, 0.25) is 11.9 Å². The third-order valence-corrected chi connectivity index (χ3v) is 6.42. The van der Waals surface area contributed by atoms with Crippen LogP contribution in [0, 0.1) is 0 Å². The molecule has 5 heterocycles. The van der Waals surface area contributed by atoms with E-state index in [1.807, 2.05) is 41.1 Å². The van der Waals surface area contributed by atoms with Crippen LogP contribution in [0.3, 0.4) is 0 Å². The normalized spacial score (nSPS) is 17.9. The number of hydrogen-bond donors (Lipinski definition) is 3. The summed E-state index contributed by atoms with van der Waals surface area (Å²) in [4.78, 5) is 28.8. The van der Waals surface area contributed by atoms with Crippen LogP contribution < -0.4 is 15.5 Å². The van der Waals surface area contributed by atoms with E-state index in [0.717, 1.165) is 43.6 Å². The Morgan fingerprint density at radius 1 is 1.09 bits per heavy atom. The lowest BCUT2D eigenvalue weighted by molar-refractivity contribution is 0.0912. The molecular formula is C23H26ClN9O. The van der Waals surface area contributed by atoms with Crippen LogP contribution in [0.4, 0.5) is 17.7 Å². The van der Waals surface area contributed by atoms with Gasteiger partial charge in [-0.2, -0.15) is 15.1 Å². The van der Waals surface area contributed by atoms with E-state index in [1.54, 1.807) is 6.07 Å². The molecule has 1 amide bonds. The molecule has 4 aromatic heterocycles. The van der Waals surface area contributed by atoms with Gasteiger partial charge in [0.05, 0.1) is 11.7 Å². The van der Waals surface area contributed by atoms with E-state index in [2.05, 4.69) is 36.8 Å². The summed E-state index contributed by atoms with van der Waals surface area (Å²) in [5.74, 6) is 1.63. The molecule has 1 saturated carbocycles. The summed E-state index contributed by atoms with van der Waals surface area (Å²) in [5, 5.41) is 13.4. The molecule has 1 aliphatic heterocycles. The first-order valence-corrected chi connectivity index (χ1v) is 11.4. The fourth-order valence-electron chi connectivity index (χ4n) is 4.45. The Morgan fingerprint density at radius 3 is 2.79 bits per heavy atom. The van der Waals surface area contributed by atoms with E-state index in [4.69, 9.17) is 9.97 Å². The van der Waals surface area contributed by atoms with Crippen molar-refractivity contribution in [2.45, 2.75) is 44.2 Å². The monoisotopic (exact) mass is 479 g/mol. The maximum atomic E-state index is 12.4. The maximum absolute atomic E-state index is 12.4. The van der Waals surface area contributed by atoms with E-state index in [1.165, 1.54) is 6.42 Å². The Hall–Kier alpha value is -3.66. The number of fused-ring (bicyclic) bond motifs is 1. The quantitative estimate of drug-likeness (QED) is 0.386. The van der Waals surface area contributed by atoms with Crippen LogP contribution in [-0.2, 0) is 0 Å². The molecule has 0 aromatic carbocycles. The zero-order valence-corrected chi connectivity index (χ0v) is 19.3. The lowest BCUT2D eigenvalue weighted by Gasteiger charge is -2.25. The molecular weight excluding hydrogens is 454 g/mol. The topological polar surface area (TPSA) is 116 Å². The van der Waals surface area contributed by atoms with Gasteiger partial charge in [0.25, 0.3) is 5.91 Å². The van der Waals surface area contributed by atoms with Crippen molar-refractivity contribution in [3.8, 4) is 0 Å². The summed E-state index contributed by atoms with van der Waals surface area (Å²) in [6.45, 7) is 0.867. The minimum absolute atomic E-state index is 0. The van der Waals surface area contributed by atoms with Gasteiger partial charge in [0, 0.05) is 31.0 Å². The first-order chi connectivity index (χ1) is 16.2. The van der Waals surface area contributed by atoms with Gasteiger partial charge in [-0.1, -0.05) is 6.07 Å². The molecule has 0 bridgehead atoms. The van der Waals surface area contributed by atoms with Crippen LogP contribution in [0.1, 0.15) is 54.3 Å². The zero-order valence-electron chi connectivity index (χ0n) is 18.5. The van der Waals surface area contributed by atoms with Gasteiger partial charge in [-0.25, -0.2) is 0 Å². The van der Waals surface area contributed by atoms with E-state index >= 15 is 0 Å². The fraction of sp³-hybridized carbons (Fsp3) is 0.348. The number of carbonyl (C=O) groups is 1. The molecule has 1 atom stereocenters. The number of carbonyl (C=O) groups excluding carboxylic acids is 1. The Morgan fingerprint density at radius 2 is 2.00 bits per heavy atom. The Labute approximate surface area is 202 Å². The second-order valence-corrected chi connectivity index (χ2v) is 8.58. The predicted molar refractivity (Wildman–Crippen MR) is 131 cm³/mol. The van der Waals surface area contributed by atoms with E-state index in [-0.39, 0.29) is 30.4 Å². The summed E-state index contributed by atoms with van der Waals surface area (Å²) in [6, 6.07) is 12.0. The number of hydrogen-bond acceptors (Lipinski definition) is 7. The van der Waals surface area contributed by atoms with Gasteiger partial charge in [-0.15, -0.1) is 12.4 Å². The lowest BCUT2D eigenvalue weighted by atomic mass is 9.93. The lowest BCUT2D eigenvalue weighted by Crippen LogP contribution is -2.39. The van der Waals surface area contributed by atoms with Crippen molar-refractivity contribution in [3.05, 3.63) is 60.2 Å². The molecule has 11 heteroatoms. The summed E-state index contributed by atoms with van der Waals surface area (Å²) >= 11 is 0. The van der Waals surface area contributed by atoms with E-state index in [0.29, 0.717) is 23.4 Å². The van der Waals surface area contributed by atoms with Crippen LogP contribution in [0.2, 0.25) is 0 Å². The van der Waals surface area contributed by atoms with Gasteiger partial charge in [-0.3, -0.25) is 19.3 Å². The van der Waals surface area contributed by atoms with Gasteiger partial charge >= 0.3 is 0 Å². The Balaban J connectivity index is 0.00000241. The second-order valence-electron chi connectivity index (χ2n) is 8.58. The molecule has 4 aromatic rings. The molecule has 2 fully saturated rings. The molecule has 2 aliphatic rings. The predicted octanol–water partition coefficient (Wildman–Crippen LogP) is 3.64. The number of nitrogens with one attached hydrogen (secondary N) is 3. The van der Waals surface area contributed by atoms with Gasteiger partial charge in [0.1, 0.15) is 11.3 Å². The van der Waals surface area contributed by atoms with Crippen molar-refractivity contribution in [1.29, 1.82) is 0 Å². The number of halogens is 1. The van der Waals surface area contributed by atoms with Crippen molar-refractivity contribution in [1.82, 2.24) is 34.9 Å². The molecule has 1 saturated heterocycles. The highest BCUT2D eigenvalue weighted by Crippen LogP contribution is 2.34. The summed E-state index contributed by atoms with van der Waals surface area (Å²) in [7, 11) is 0. The number of rotatable bonds is 6. The average Bonchev–Trinajstić information content (AvgIpc) is 3.57. The molecule has 3 N–H and O–H groups in total. The smallest absolute Gasteiger partial charge is 0.269 e. The minimum atomic E-state index is -0.134. The number of nitrogens with zero attached hydrogens (tertiary/aromatic N) is 6. The highest BCUT2D eigenvalue weighted by molar-refractivity contribution is 5.93. The number of H-pyrrole nitrogens is 1. The third kappa shape index (κ3) is 4.16. The standard InChI is InChI=1S/C23H25N9O.ClH/c33-21(25-15-6-3-7-15)17-14-19(30-29-17)26-22-28-23(27-20-10-5-13-32(20)22)31-12-4-9-18(31)16-8-1-2-11-24-16;/h1-2,5,8,10-11,13-15,18H,3-4,6-7,9,12H2,(H,25,33)(H2,26,27,28,29,30);1H. The molecule has 0 radical (unpaired) electrons.